The van der Waals surface area contributed by atoms with Crippen molar-refractivity contribution in [1.82, 2.24) is 20.2 Å². The van der Waals surface area contributed by atoms with E-state index in [1.807, 2.05) is 18.2 Å². The van der Waals surface area contributed by atoms with Gasteiger partial charge in [-0.05, 0) is 35.3 Å². The van der Waals surface area contributed by atoms with E-state index in [0.29, 0.717) is 11.7 Å². The molecule has 3 unspecified atom stereocenters. The zero-order chi connectivity index (χ0) is 13.4. The fourth-order valence-corrected chi connectivity index (χ4v) is 2.37. The molecule has 1 heterocycles. The smallest absolute Gasteiger partial charge is 0.328 e. The molecule has 1 aliphatic rings. The monoisotopic (exact) mass is 258 g/mol. The van der Waals surface area contributed by atoms with Crippen molar-refractivity contribution in [2.75, 3.05) is 0 Å². The van der Waals surface area contributed by atoms with Crippen LogP contribution in [0.1, 0.15) is 42.6 Å². The summed E-state index contributed by atoms with van der Waals surface area (Å²) in [6.45, 7) is 1.59. The molecule has 2 aromatic rings. The summed E-state index contributed by atoms with van der Waals surface area (Å²) in [6, 6.07) is 9.43. The lowest BCUT2D eigenvalue weighted by molar-refractivity contribution is -0.140. The van der Waals surface area contributed by atoms with Gasteiger partial charge in [0.1, 0.15) is 6.04 Å². The third kappa shape index (κ3) is 2.09. The molecule has 3 atom stereocenters. The number of benzene rings is 1. The Morgan fingerprint density at radius 2 is 2.11 bits per heavy atom. The van der Waals surface area contributed by atoms with E-state index in [1.54, 1.807) is 6.92 Å². The van der Waals surface area contributed by atoms with E-state index >= 15 is 0 Å². The molecule has 6 nitrogen and oxygen atoms in total. The number of hydrogen-bond donors (Lipinski definition) is 1. The van der Waals surface area contributed by atoms with E-state index in [9.17, 15) is 4.79 Å². The molecule has 0 amide bonds. The zero-order valence-electron chi connectivity index (χ0n) is 10.5. The number of carboxylic acid groups (broad SMARTS) is 1. The first-order chi connectivity index (χ1) is 9.18. The lowest BCUT2D eigenvalue weighted by Gasteiger charge is -2.08. The highest BCUT2D eigenvalue weighted by atomic mass is 16.4. The minimum atomic E-state index is -0.925. The van der Waals surface area contributed by atoms with Gasteiger partial charge in [0.25, 0.3) is 0 Å². The Kier molecular flexibility index (Phi) is 2.77. The second-order valence-electron chi connectivity index (χ2n) is 4.86. The number of carboxylic acids is 1. The van der Waals surface area contributed by atoms with E-state index in [-0.39, 0.29) is 5.92 Å². The normalized spacial score (nSPS) is 23.0. The van der Waals surface area contributed by atoms with Gasteiger partial charge in [0.05, 0.1) is 0 Å². The molecule has 1 saturated carbocycles. The fourth-order valence-electron chi connectivity index (χ4n) is 2.37. The molecule has 0 aliphatic heterocycles. The van der Waals surface area contributed by atoms with Crippen LogP contribution in [-0.2, 0) is 4.79 Å². The summed E-state index contributed by atoms with van der Waals surface area (Å²) in [5, 5.41) is 20.5. The van der Waals surface area contributed by atoms with Gasteiger partial charge >= 0.3 is 5.97 Å². The average Bonchev–Trinajstić information content (AvgIpc) is 3.08. The van der Waals surface area contributed by atoms with Crippen LogP contribution in [0.3, 0.4) is 0 Å². The lowest BCUT2D eigenvalue weighted by Crippen LogP contribution is -2.19. The Labute approximate surface area is 110 Å². The highest BCUT2D eigenvalue weighted by molar-refractivity contribution is 5.71. The molecule has 1 aromatic heterocycles. The second kappa shape index (κ2) is 4.46. The minimum Gasteiger partial charge on any atom is -0.480 e. The molecule has 6 heteroatoms. The molecule has 0 radical (unpaired) electrons. The van der Waals surface area contributed by atoms with Crippen LogP contribution in [0.2, 0.25) is 0 Å². The summed E-state index contributed by atoms with van der Waals surface area (Å²) in [4.78, 5) is 11.0. The van der Waals surface area contributed by atoms with Crippen LogP contribution in [-0.4, -0.2) is 31.3 Å². The summed E-state index contributed by atoms with van der Waals surface area (Å²) >= 11 is 0. The van der Waals surface area contributed by atoms with Gasteiger partial charge in [-0.2, -0.15) is 0 Å². The van der Waals surface area contributed by atoms with Gasteiger partial charge < -0.3 is 5.11 Å². The molecular weight excluding hydrogens is 244 g/mol. The summed E-state index contributed by atoms with van der Waals surface area (Å²) in [7, 11) is 0. The van der Waals surface area contributed by atoms with Crippen LogP contribution in [0.4, 0.5) is 0 Å². The Morgan fingerprint density at radius 3 is 2.79 bits per heavy atom. The van der Waals surface area contributed by atoms with Gasteiger partial charge in [0.2, 0.25) is 0 Å². The molecule has 1 aliphatic carbocycles. The van der Waals surface area contributed by atoms with E-state index in [0.717, 1.165) is 6.42 Å². The molecule has 1 fully saturated rings. The van der Waals surface area contributed by atoms with Gasteiger partial charge in [-0.1, -0.05) is 30.3 Å². The highest BCUT2D eigenvalue weighted by Gasteiger charge is 2.44. The maximum Gasteiger partial charge on any atom is 0.328 e. The molecule has 1 aromatic carbocycles. The Bertz CT molecular complexity index is 596. The third-order valence-electron chi connectivity index (χ3n) is 3.59. The quantitative estimate of drug-likeness (QED) is 0.900. The molecule has 0 bridgehead atoms. The number of rotatable bonds is 4. The predicted molar refractivity (Wildman–Crippen MR) is 66.7 cm³/mol. The van der Waals surface area contributed by atoms with Gasteiger partial charge in [0.15, 0.2) is 5.82 Å². The highest BCUT2D eigenvalue weighted by Crippen LogP contribution is 2.53. The van der Waals surface area contributed by atoms with Crippen molar-refractivity contribution in [2.45, 2.75) is 31.2 Å². The second-order valence-corrected chi connectivity index (χ2v) is 4.86. The molecular formula is C13H14N4O2. The predicted octanol–water partition coefficient (Wildman–Crippen LogP) is 1.59. The van der Waals surface area contributed by atoms with Crippen molar-refractivity contribution in [3.8, 4) is 0 Å². The number of carbonyl (C=O) groups is 1. The van der Waals surface area contributed by atoms with Crippen LogP contribution in [0.5, 0.6) is 0 Å². The maximum absolute atomic E-state index is 11.0. The number of aliphatic carboxylic acids is 1. The van der Waals surface area contributed by atoms with Crippen LogP contribution in [0.15, 0.2) is 30.3 Å². The molecule has 3 rings (SSSR count). The first-order valence-electron chi connectivity index (χ1n) is 6.24. The molecule has 0 spiro atoms. The van der Waals surface area contributed by atoms with Crippen molar-refractivity contribution in [2.24, 2.45) is 0 Å². The van der Waals surface area contributed by atoms with Crippen molar-refractivity contribution >= 4 is 5.97 Å². The maximum atomic E-state index is 11.0. The third-order valence-corrected chi connectivity index (χ3v) is 3.59. The van der Waals surface area contributed by atoms with Crippen LogP contribution < -0.4 is 0 Å². The van der Waals surface area contributed by atoms with Crippen molar-refractivity contribution in [1.29, 1.82) is 0 Å². The molecule has 1 N–H and O–H groups in total. The minimum absolute atomic E-state index is 0.221. The van der Waals surface area contributed by atoms with Crippen molar-refractivity contribution in [3.63, 3.8) is 0 Å². The Balaban J connectivity index is 1.83. The molecule has 19 heavy (non-hydrogen) atoms. The first-order valence-corrected chi connectivity index (χ1v) is 6.24. The lowest BCUT2D eigenvalue weighted by atomic mass is 10.1. The van der Waals surface area contributed by atoms with E-state index in [4.69, 9.17) is 5.11 Å². The SMILES string of the molecule is CC(C(=O)O)n1nnnc1C1CC1c1ccccc1. The fraction of sp³-hybridized carbons (Fsp3) is 0.385. The number of hydrogen-bond acceptors (Lipinski definition) is 4. The summed E-state index contributed by atoms with van der Waals surface area (Å²) in [5.41, 5.74) is 1.25. The average molecular weight is 258 g/mol. The summed E-state index contributed by atoms with van der Waals surface area (Å²) < 4.78 is 1.41. The Morgan fingerprint density at radius 1 is 1.37 bits per heavy atom. The number of tetrazole rings is 1. The van der Waals surface area contributed by atoms with E-state index in [2.05, 4.69) is 27.7 Å². The Hall–Kier alpha value is -2.24. The zero-order valence-corrected chi connectivity index (χ0v) is 10.5. The first kappa shape index (κ1) is 11.8. The van der Waals surface area contributed by atoms with E-state index in [1.165, 1.54) is 10.2 Å². The number of nitrogens with zero attached hydrogens (tertiary/aromatic N) is 4. The molecule has 0 saturated heterocycles. The number of aromatic nitrogens is 4. The molecule has 98 valence electrons. The summed E-state index contributed by atoms with van der Waals surface area (Å²) in [6.07, 6.45) is 0.969. The van der Waals surface area contributed by atoms with Gasteiger partial charge in [-0.15, -0.1) is 5.10 Å². The van der Waals surface area contributed by atoms with Gasteiger partial charge in [-0.3, -0.25) is 0 Å². The van der Waals surface area contributed by atoms with Crippen LogP contribution in [0, 0.1) is 0 Å². The topological polar surface area (TPSA) is 80.9 Å². The standard InChI is InChI=1S/C13H14N4O2/c1-8(13(18)19)17-12(14-15-16-17)11-7-10(11)9-5-3-2-4-6-9/h2-6,8,10-11H,7H2,1H3,(H,18,19). The van der Waals surface area contributed by atoms with Crippen LogP contribution in [0.25, 0.3) is 0 Å². The van der Waals surface area contributed by atoms with Crippen LogP contribution >= 0.6 is 0 Å². The van der Waals surface area contributed by atoms with E-state index < -0.39 is 12.0 Å². The van der Waals surface area contributed by atoms with Crippen molar-refractivity contribution < 1.29 is 9.90 Å². The van der Waals surface area contributed by atoms with Gasteiger partial charge in [-0.25, -0.2) is 9.48 Å². The van der Waals surface area contributed by atoms with Crippen molar-refractivity contribution in [3.05, 3.63) is 41.7 Å². The largest absolute Gasteiger partial charge is 0.480 e. The summed E-state index contributed by atoms with van der Waals surface area (Å²) in [5.74, 6) is 0.361. The van der Waals surface area contributed by atoms with Gasteiger partial charge in [0, 0.05) is 5.92 Å².